The summed E-state index contributed by atoms with van der Waals surface area (Å²) >= 11 is 7.15. The summed E-state index contributed by atoms with van der Waals surface area (Å²) in [5.41, 5.74) is 1.31. The maximum atomic E-state index is 12.0. The molecule has 0 amide bonds. The second kappa shape index (κ2) is 8.29. The van der Waals surface area contributed by atoms with Gasteiger partial charge in [0.25, 0.3) is 0 Å². The van der Waals surface area contributed by atoms with Crippen LogP contribution in [0.3, 0.4) is 0 Å². The van der Waals surface area contributed by atoms with Gasteiger partial charge in [0, 0.05) is 8.95 Å². The molecule has 150 valence electrons. The minimum atomic E-state index is 0.0347. The molecule has 1 aromatic heterocycles. The summed E-state index contributed by atoms with van der Waals surface area (Å²) in [6.07, 6.45) is 0. The standard InChI is InChI=1S/C14H8Br2.C13H8O2/c15-13-6-5-11-7-9-3-1-2-4-10(9)8-12(11)14(13)16;14-13-9-5-1-3-7-11(9)15-12-8-4-2-6-10(12)13/h1-8H;1-8H. The number of para-hydroxylation sites is 2. The first-order valence-corrected chi connectivity index (χ1v) is 11.4. The molecule has 1 heterocycles. The van der Waals surface area contributed by atoms with E-state index < -0.39 is 0 Å². The number of rotatable bonds is 0. The van der Waals surface area contributed by atoms with E-state index in [1.165, 1.54) is 21.5 Å². The fourth-order valence-electron chi connectivity index (χ4n) is 3.70. The van der Waals surface area contributed by atoms with Crippen LogP contribution in [0, 0.1) is 0 Å². The first-order chi connectivity index (χ1) is 15.1. The molecule has 0 radical (unpaired) electrons. The third kappa shape index (κ3) is 3.78. The molecule has 31 heavy (non-hydrogen) atoms. The van der Waals surface area contributed by atoms with Crippen molar-refractivity contribution in [1.82, 2.24) is 0 Å². The third-order valence-electron chi connectivity index (χ3n) is 5.26. The van der Waals surface area contributed by atoms with E-state index in [-0.39, 0.29) is 5.43 Å². The fraction of sp³-hybridized carbons (Fsp3) is 0. The molecule has 0 fully saturated rings. The van der Waals surface area contributed by atoms with Gasteiger partial charge < -0.3 is 4.42 Å². The van der Waals surface area contributed by atoms with Crippen molar-refractivity contribution in [2.24, 2.45) is 0 Å². The zero-order valence-corrected chi connectivity index (χ0v) is 19.5. The smallest absolute Gasteiger partial charge is 0.200 e. The molecule has 0 aliphatic carbocycles. The molecule has 2 nitrogen and oxygen atoms in total. The Morgan fingerprint density at radius 2 is 1.10 bits per heavy atom. The quantitative estimate of drug-likeness (QED) is 0.184. The van der Waals surface area contributed by atoms with Crippen LogP contribution in [0.2, 0.25) is 0 Å². The van der Waals surface area contributed by atoms with Gasteiger partial charge in [0.1, 0.15) is 11.2 Å². The zero-order valence-electron chi connectivity index (χ0n) is 16.3. The maximum Gasteiger partial charge on any atom is 0.200 e. The second-order valence-corrected chi connectivity index (χ2v) is 8.85. The van der Waals surface area contributed by atoms with Crippen LogP contribution in [-0.2, 0) is 0 Å². The SMILES string of the molecule is Brc1ccc2cc3ccccc3cc2c1Br.O=c1c2ccccc2oc2ccccc12. The van der Waals surface area contributed by atoms with Gasteiger partial charge in [-0.05, 0) is 95.9 Å². The lowest BCUT2D eigenvalue weighted by Crippen LogP contribution is -2.01. The monoisotopic (exact) mass is 530 g/mol. The zero-order chi connectivity index (χ0) is 21.4. The number of benzene rings is 5. The van der Waals surface area contributed by atoms with Crippen LogP contribution < -0.4 is 5.43 Å². The highest BCUT2D eigenvalue weighted by Gasteiger charge is 2.05. The molecule has 0 aliphatic heterocycles. The summed E-state index contributed by atoms with van der Waals surface area (Å²) in [6, 6.07) is 31.7. The van der Waals surface area contributed by atoms with E-state index in [1.54, 1.807) is 12.1 Å². The van der Waals surface area contributed by atoms with E-state index in [1.807, 2.05) is 36.4 Å². The maximum absolute atomic E-state index is 12.0. The lowest BCUT2D eigenvalue weighted by molar-refractivity contribution is 0.660. The number of hydrogen-bond donors (Lipinski definition) is 0. The molecule has 6 aromatic rings. The first kappa shape index (κ1) is 20.0. The van der Waals surface area contributed by atoms with Gasteiger partial charge in [0.15, 0.2) is 0 Å². The van der Waals surface area contributed by atoms with Crippen LogP contribution in [-0.4, -0.2) is 0 Å². The van der Waals surface area contributed by atoms with E-state index in [0.29, 0.717) is 21.9 Å². The Kier molecular flexibility index (Phi) is 5.34. The van der Waals surface area contributed by atoms with Crippen LogP contribution >= 0.6 is 31.9 Å². The van der Waals surface area contributed by atoms with Crippen LogP contribution in [0.1, 0.15) is 0 Å². The third-order valence-corrected chi connectivity index (χ3v) is 7.30. The van der Waals surface area contributed by atoms with Crippen molar-refractivity contribution in [3.8, 4) is 0 Å². The van der Waals surface area contributed by atoms with Crippen LogP contribution in [0.4, 0.5) is 0 Å². The first-order valence-electron chi connectivity index (χ1n) is 9.79. The highest BCUT2D eigenvalue weighted by Crippen LogP contribution is 2.33. The van der Waals surface area contributed by atoms with Crippen LogP contribution in [0.5, 0.6) is 0 Å². The highest BCUT2D eigenvalue weighted by molar-refractivity contribution is 9.13. The minimum Gasteiger partial charge on any atom is -0.456 e. The largest absolute Gasteiger partial charge is 0.456 e. The molecule has 0 aliphatic rings. The molecule has 4 heteroatoms. The lowest BCUT2D eigenvalue weighted by Gasteiger charge is -2.05. The van der Waals surface area contributed by atoms with Crippen molar-refractivity contribution in [2.75, 3.05) is 0 Å². The predicted octanol–water partition coefficient (Wildman–Crippen LogP) is 8.46. The van der Waals surface area contributed by atoms with E-state index >= 15 is 0 Å². The van der Waals surface area contributed by atoms with Crippen molar-refractivity contribution in [2.45, 2.75) is 0 Å². The summed E-state index contributed by atoms with van der Waals surface area (Å²) in [5, 5.41) is 6.33. The Hall–Kier alpha value is -2.95. The van der Waals surface area contributed by atoms with Crippen molar-refractivity contribution >= 4 is 75.3 Å². The van der Waals surface area contributed by atoms with Crippen molar-refractivity contribution in [1.29, 1.82) is 0 Å². The van der Waals surface area contributed by atoms with Crippen LogP contribution in [0.25, 0.3) is 43.5 Å². The van der Waals surface area contributed by atoms with Crippen molar-refractivity contribution < 1.29 is 4.42 Å². The second-order valence-electron chi connectivity index (χ2n) is 7.21. The molecule has 5 aromatic carbocycles. The van der Waals surface area contributed by atoms with Gasteiger partial charge in [0.05, 0.1) is 10.8 Å². The molecule has 6 rings (SSSR count). The van der Waals surface area contributed by atoms with Gasteiger partial charge in [-0.3, -0.25) is 4.79 Å². The molecule has 0 saturated heterocycles. The summed E-state index contributed by atoms with van der Waals surface area (Å²) in [4.78, 5) is 12.0. The Bertz CT molecular complexity index is 1580. The van der Waals surface area contributed by atoms with E-state index in [9.17, 15) is 4.79 Å². The summed E-state index contributed by atoms with van der Waals surface area (Å²) in [6.45, 7) is 0. The average Bonchev–Trinajstić information content (AvgIpc) is 2.81. The molecular weight excluding hydrogens is 516 g/mol. The predicted molar refractivity (Wildman–Crippen MR) is 137 cm³/mol. The Labute approximate surface area is 195 Å². The normalized spacial score (nSPS) is 11.0. The van der Waals surface area contributed by atoms with Gasteiger partial charge in [-0.15, -0.1) is 0 Å². The Balaban J connectivity index is 0.000000132. The van der Waals surface area contributed by atoms with E-state index in [0.717, 1.165) is 8.95 Å². The van der Waals surface area contributed by atoms with Gasteiger partial charge in [-0.25, -0.2) is 0 Å². The minimum absolute atomic E-state index is 0.0347. The highest BCUT2D eigenvalue weighted by atomic mass is 79.9. The van der Waals surface area contributed by atoms with Crippen molar-refractivity contribution in [3.05, 3.63) is 116 Å². The molecule has 0 spiro atoms. The molecule has 0 atom stereocenters. The van der Waals surface area contributed by atoms with Gasteiger partial charge >= 0.3 is 0 Å². The molecular formula is C27H16Br2O2. The topological polar surface area (TPSA) is 30.2 Å². The molecule has 0 unspecified atom stereocenters. The van der Waals surface area contributed by atoms with Gasteiger partial charge in [0.2, 0.25) is 5.43 Å². The summed E-state index contributed by atoms with van der Waals surface area (Å²) in [5.74, 6) is 0. The Morgan fingerprint density at radius 1 is 0.548 bits per heavy atom. The lowest BCUT2D eigenvalue weighted by atomic mass is 10.0. The number of halogens is 2. The molecule has 0 saturated carbocycles. The summed E-state index contributed by atoms with van der Waals surface area (Å²) < 4.78 is 7.84. The molecule has 0 N–H and O–H groups in total. The number of fused-ring (bicyclic) bond motifs is 4. The van der Waals surface area contributed by atoms with Crippen molar-refractivity contribution in [3.63, 3.8) is 0 Å². The van der Waals surface area contributed by atoms with E-state index in [2.05, 4.69) is 80.4 Å². The Morgan fingerprint density at radius 3 is 1.74 bits per heavy atom. The number of hydrogen-bond acceptors (Lipinski definition) is 2. The average molecular weight is 532 g/mol. The summed E-state index contributed by atoms with van der Waals surface area (Å²) in [7, 11) is 0. The van der Waals surface area contributed by atoms with E-state index in [4.69, 9.17) is 4.42 Å². The molecule has 0 bridgehead atoms. The fourth-order valence-corrected chi connectivity index (χ4v) is 4.52. The van der Waals surface area contributed by atoms with Gasteiger partial charge in [-0.1, -0.05) is 54.6 Å². The van der Waals surface area contributed by atoms with Crippen LogP contribution in [0.15, 0.2) is 115 Å². The van der Waals surface area contributed by atoms with Gasteiger partial charge in [-0.2, -0.15) is 0 Å².